The Labute approximate surface area is 112 Å². The molecule has 0 spiro atoms. The van der Waals surface area contributed by atoms with E-state index < -0.39 is 5.60 Å². The van der Waals surface area contributed by atoms with E-state index in [-0.39, 0.29) is 12.5 Å². The quantitative estimate of drug-likeness (QED) is 0.859. The fraction of sp³-hybridized carbons (Fsp3) is 0.429. The molecule has 0 unspecified atom stereocenters. The van der Waals surface area contributed by atoms with Crippen LogP contribution in [-0.4, -0.2) is 32.5 Å². The Bertz CT molecular complexity index is 573. The molecular formula is C14H19N3O2. The fourth-order valence-electron chi connectivity index (χ4n) is 1.91. The van der Waals surface area contributed by atoms with E-state index >= 15 is 0 Å². The van der Waals surface area contributed by atoms with Crippen molar-refractivity contribution in [3.63, 3.8) is 0 Å². The third-order valence-corrected chi connectivity index (χ3v) is 3.57. The highest BCUT2D eigenvalue weighted by Gasteiger charge is 2.23. The second-order valence-electron chi connectivity index (χ2n) is 4.76. The molecule has 2 N–H and O–H groups in total. The van der Waals surface area contributed by atoms with Crippen molar-refractivity contribution in [3.8, 4) is 0 Å². The molecule has 2 heterocycles. The molecule has 0 saturated carbocycles. The Morgan fingerprint density at radius 2 is 2.21 bits per heavy atom. The van der Waals surface area contributed by atoms with Gasteiger partial charge in [0.05, 0.1) is 23.6 Å². The average molecular weight is 261 g/mol. The van der Waals surface area contributed by atoms with Crippen molar-refractivity contribution in [2.24, 2.45) is 0 Å². The molecule has 2 aromatic heterocycles. The summed E-state index contributed by atoms with van der Waals surface area (Å²) in [6, 6.07) is 3.51. The topological polar surface area (TPSA) is 66.6 Å². The summed E-state index contributed by atoms with van der Waals surface area (Å²) in [5.74, 6) is -0.177. The maximum absolute atomic E-state index is 12.0. The smallest absolute Gasteiger partial charge is 0.251 e. The Morgan fingerprint density at radius 3 is 2.89 bits per heavy atom. The Morgan fingerprint density at radius 1 is 1.47 bits per heavy atom. The van der Waals surface area contributed by atoms with E-state index in [0.717, 1.165) is 5.52 Å². The van der Waals surface area contributed by atoms with Gasteiger partial charge in [0.15, 0.2) is 0 Å². The van der Waals surface area contributed by atoms with Crippen molar-refractivity contribution in [2.75, 3.05) is 6.54 Å². The van der Waals surface area contributed by atoms with E-state index in [4.69, 9.17) is 0 Å². The molecule has 0 aliphatic heterocycles. The van der Waals surface area contributed by atoms with Crippen LogP contribution in [0.1, 0.15) is 37.0 Å². The van der Waals surface area contributed by atoms with Gasteiger partial charge in [0.1, 0.15) is 0 Å². The largest absolute Gasteiger partial charge is 0.388 e. The minimum absolute atomic E-state index is 0.177. The van der Waals surface area contributed by atoms with E-state index in [9.17, 15) is 9.90 Å². The predicted octanol–water partition coefficient (Wildman–Crippen LogP) is 1.62. The molecular weight excluding hydrogens is 242 g/mol. The minimum atomic E-state index is -0.823. The van der Waals surface area contributed by atoms with Crippen LogP contribution in [0, 0.1) is 0 Å². The molecule has 102 valence electrons. The SMILES string of the molecule is CCC(O)(CC)CNC(=O)c1ccn2cncc2c1. The van der Waals surface area contributed by atoms with Crippen molar-refractivity contribution in [3.05, 3.63) is 36.4 Å². The van der Waals surface area contributed by atoms with E-state index in [1.807, 2.05) is 18.2 Å². The highest BCUT2D eigenvalue weighted by molar-refractivity contribution is 5.95. The zero-order chi connectivity index (χ0) is 13.9. The summed E-state index contributed by atoms with van der Waals surface area (Å²) in [5, 5.41) is 12.9. The molecule has 0 saturated heterocycles. The second kappa shape index (κ2) is 5.40. The lowest BCUT2D eigenvalue weighted by molar-refractivity contribution is 0.0314. The minimum Gasteiger partial charge on any atom is -0.388 e. The van der Waals surface area contributed by atoms with Gasteiger partial charge in [-0.15, -0.1) is 0 Å². The van der Waals surface area contributed by atoms with Crippen molar-refractivity contribution in [1.29, 1.82) is 0 Å². The fourth-order valence-corrected chi connectivity index (χ4v) is 1.91. The zero-order valence-corrected chi connectivity index (χ0v) is 11.3. The zero-order valence-electron chi connectivity index (χ0n) is 11.3. The molecule has 0 atom stereocenters. The number of hydrogen-bond donors (Lipinski definition) is 2. The number of carbonyl (C=O) groups is 1. The predicted molar refractivity (Wildman–Crippen MR) is 73.1 cm³/mol. The van der Waals surface area contributed by atoms with E-state index in [1.165, 1.54) is 0 Å². The number of amides is 1. The van der Waals surface area contributed by atoms with Crippen molar-refractivity contribution < 1.29 is 9.90 Å². The molecule has 0 aliphatic carbocycles. The molecule has 5 nitrogen and oxygen atoms in total. The van der Waals surface area contributed by atoms with E-state index in [2.05, 4.69) is 10.3 Å². The van der Waals surface area contributed by atoms with Gasteiger partial charge in [-0.1, -0.05) is 13.8 Å². The van der Waals surface area contributed by atoms with Gasteiger partial charge in [0.2, 0.25) is 0 Å². The van der Waals surface area contributed by atoms with Crippen LogP contribution in [0.25, 0.3) is 5.52 Å². The van der Waals surface area contributed by atoms with Crippen molar-refractivity contribution in [1.82, 2.24) is 14.7 Å². The van der Waals surface area contributed by atoms with Crippen molar-refractivity contribution >= 4 is 11.4 Å². The summed E-state index contributed by atoms with van der Waals surface area (Å²) in [4.78, 5) is 16.0. The molecule has 0 radical (unpaired) electrons. The van der Waals surface area contributed by atoms with Crippen LogP contribution in [0.15, 0.2) is 30.9 Å². The number of aliphatic hydroxyl groups is 1. The molecule has 2 rings (SSSR count). The lowest BCUT2D eigenvalue weighted by Crippen LogP contribution is -2.42. The number of carbonyl (C=O) groups excluding carboxylic acids is 1. The third kappa shape index (κ3) is 2.93. The molecule has 1 amide bonds. The first-order valence-electron chi connectivity index (χ1n) is 6.50. The summed E-state index contributed by atoms with van der Waals surface area (Å²) in [5.41, 5.74) is 0.618. The molecule has 0 bridgehead atoms. The number of aromatic nitrogens is 2. The highest BCUT2D eigenvalue weighted by atomic mass is 16.3. The van der Waals surface area contributed by atoms with Crippen LogP contribution in [0.5, 0.6) is 0 Å². The number of imidazole rings is 1. The van der Waals surface area contributed by atoms with Gasteiger partial charge in [0, 0.05) is 18.3 Å². The third-order valence-electron chi connectivity index (χ3n) is 3.57. The van der Waals surface area contributed by atoms with Gasteiger partial charge in [0.25, 0.3) is 5.91 Å². The molecule has 0 fully saturated rings. The van der Waals surface area contributed by atoms with Gasteiger partial charge in [-0.05, 0) is 25.0 Å². The van der Waals surface area contributed by atoms with Gasteiger partial charge < -0.3 is 14.8 Å². The Balaban J connectivity index is 2.07. The molecule has 5 heteroatoms. The Hall–Kier alpha value is -1.88. The van der Waals surface area contributed by atoms with Crippen LogP contribution in [0.2, 0.25) is 0 Å². The maximum Gasteiger partial charge on any atom is 0.251 e. The number of pyridine rings is 1. The number of nitrogens with zero attached hydrogens (tertiary/aromatic N) is 2. The van der Waals surface area contributed by atoms with Crippen LogP contribution in [-0.2, 0) is 0 Å². The highest BCUT2D eigenvalue weighted by Crippen LogP contribution is 2.13. The van der Waals surface area contributed by atoms with Crippen molar-refractivity contribution in [2.45, 2.75) is 32.3 Å². The first kappa shape index (κ1) is 13.5. The van der Waals surface area contributed by atoms with Gasteiger partial charge >= 0.3 is 0 Å². The lowest BCUT2D eigenvalue weighted by atomic mass is 9.97. The monoisotopic (exact) mass is 261 g/mol. The van der Waals surface area contributed by atoms with Crippen LogP contribution < -0.4 is 5.32 Å². The molecule has 0 aliphatic rings. The summed E-state index contributed by atoms with van der Waals surface area (Å²) in [6.07, 6.45) is 6.41. The summed E-state index contributed by atoms with van der Waals surface area (Å²) in [7, 11) is 0. The first-order chi connectivity index (χ1) is 9.08. The van der Waals surface area contributed by atoms with Gasteiger partial charge in [-0.2, -0.15) is 0 Å². The van der Waals surface area contributed by atoms with E-state index in [1.54, 1.807) is 30.9 Å². The second-order valence-corrected chi connectivity index (χ2v) is 4.76. The summed E-state index contributed by atoms with van der Waals surface area (Å²) < 4.78 is 1.84. The number of nitrogens with one attached hydrogen (secondary N) is 1. The van der Waals surface area contributed by atoms with Gasteiger partial charge in [-0.25, -0.2) is 4.98 Å². The lowest BCUT2D eigenvalue weighted by Gasteiger charge is -2.25. The number of hydrogen-bond acceptors (Lipinski definition) is 3. The average Bonchev–Trinajstić information content (AvgIpc) is 2.91. The van der Waals surface area contributed by atoms with Crippen LogP contribution in [0.3, 0.4) is 0 Å². The van der Waals surface area contributed by atoms with Gasteiger partial charge in [-0.3, -0.25) is 4.79 Å². The Kier molecular flexibility index (Phi) is 3.85. The molecule has 2 aromatic rings. The standard InChI is InChI=1S/C14H19N3O2/c1-3-14(19,4-2)9-16-13(18)11-5-6-17-10-15-8-12(17)7-11/h5-8,10,19H,3-4,9H2,1-2H3,(H,16,18). The van der Waals surface area contributed by atoms with E-state index in [0.29, 0.717) is 18.4 Å². The number of rotatable bonds is 5. The summed E-state index contributed by atoms with van der Waals surface area (Å²) in [6.45, 7) is 4.09. The first-order valence-corrected chi connectivity index (χ1v) is 6.50. The van der Waals surface area contributed by atoms with Crippen LogP contribution >= 0.6 is 0 Å². The normalized spacial score (nSPS) is 11.7. The summed E-state index contributed by atoms with van der Waals surface area (Å²) >= 11 is 0. The maximum atomic E-state index is 12.0. The molecule has 0 aromatic carbocycles. The number of fused-ring (bicyclic) bond motifs is 1. The van der Waals surface area contributed by atoms with Crippen LogP contribution in [0.4, 0.5) is 0 Å². The molecule has 19 heavy (non-hydrogen) atoms.